The highest BCUT2D eigenvalue weighted by Gasteiger charge is 2.16. The maximum atomic E-state index is 7.98. The van der Waals surface area contributed by atoms with Crippen molar-refractivity contribution in [3.05, 3.63) is 59.5 Å². The quantitative estimate of drug-likeness (QED) is 0.304. The molecule has 1 aliphatic rings. The van der Waals surface area contributed by atoms with Gasteiger partial charge < -0.3 is 32.8 Å². The van der Waals surface area contributed by atoms with Crippen LogP contribution in [0, 0.1) is 11.3 Å². The van der Waals surface area contributed by atoms with Crippen LogP contribution in [0.25, 0.3) is 11.6 Å². The van der Waals surface area contributed by atoms with Crippen LogP contribution in [0.1, 0.15) is 38.4 Å². The van der Waals surface area contributed by atoms with Gasteiger partial charge in [0.25, 0.3) is 0 Å². The largest absolute Gasteiger partial charge is 0.404 e. The van der Waals surface area contributed by atoms with E-state index in [0.717, 1.165) is 34.5 Å². The summed E-state index contributed by atoms with van der Waals surface area (Å²) >= 11 is 0. The Morgan fingerprint density at radius 1 is 1.46 bits per heavy atom. The number of anilines is 1. The average molecular weight is 382 g/mol. The zero-order chi connectivity index (χ0) is 20.7. The summed E-state index contributed by atoms with van der Waals surface area (Å²) in [5.74, 6) is 0.882. The van der Waals surface area contributed by atoms with Gasteiger partial charge in [0.1, 0.15) is 6.17 Å². The lowest BCUT2D eigenvalue weighted by Gasteiger charge is -2.24. The summed E-state index contributed by atoms with van der Waals surface area (Å²) in [6, 6.07) is 1.99. The van der Waals surface area contributed by atoms with Crippen LogP contribution >= 0.6 is 0 Å². The first kappa shape index (κ1) is 21.1. The molecule has 1 aromatic heterocycles. The van der Waals surface area contributed by atoms with Crippen molar-refractivity contribution in [1.82, 2.24) is 15.6 Å². The maximum Gasteiger partial charge on any atom is 0.117 e. The van der Waals surface area contributed by atoms with Crippen molar-refractivity contribution in [2.75, 3.05) is 12.4 Å². The van der Waals surface area contributed by atoms with Crippen LogP contribution in [0.15, 0.2) is 48.2 Å². The molecule has 2 unspecified atom stereocenters. The fourth-order valence-corrected chi connectivity index (χ4v) is 2.90. The van der Waals surface area contributed by atoms with Gasteiger partial charge in [-0.05, 0) is 55.3 Å². The number of hydrogen-bond acceptors (Lipinski definition) is 7. The number of nitrogens with two attached hydrogens (primary N) is 2. The van der Waals surface area contributed by atoms with Crippen molar-refractivity contribution in [2.24, 2.45) is 17.4 Å². The Morgan fingerprint density at radius 2 is 2.21 bits per heavy atom. The highest BCUT2D eigenvalue weighted by Crippen LogP contribution is 2.25. The molecule has 2 rings (SSSR count). The third-order valence-corrected chi connectivity index (χ3v) is 4.70. The van der Waals surface area contributed by atoms with Crippen LogP contribution in [0.2, 0.25) is 0 Å². The Kier molecular flexibility index (Phi) is 7.26. The van der Waals surface area contributed by atoms with Crippen molar-refractivity contribution < 1.29 is 0 Å². The molecule has 0 saturated carbocycles. The zero-order valence-electron chi connectivity index (χ0n) is 17.0. The highest BCUT2D eigenvalue weighted by molar-refractivity contribution is 6.21. The van der Waals surface area contributed by atoms with E-state index in [9.17, 15) is 0 Å². The van der Waals surface area contributed by atoms with E-state index in [2.05, 4.69) is 34.8 Å². The van der Waals surface area contributed by atoms with Gasteiger partial charge in [-0.3, -0.25) is 4.98 Å². The van der Waals surface area contributed by atoms with Crippen LogP contribution in [-0.2, 0) is 0 Å². The van der Waals surface area contributed by atoms with Gasteiger partial charge in [0, 0.05) is 36.3 Å². The second-order valence-corrected chi connectivity index (χ2v) is 6.83. The lowest BCUT2D eigenvalue weighted by molar-refractivity contribution is 0.661. The number of nitrogens with zero attached hydrogens (tertiary/aromatic N) is 1. The molecule has 2 atom stereocenters. The van der Waals surface area contributed by atoms with Crippen LogP contribution < -0.4 is 27.4 Å². The summed E-state index contributed by atoms with van der Waals surface area (Å²) in [4.78, 5) is 4.50. The molecule has 0 aromatic carbocycles. The molecule has 0 saturated heterocycles. The minimum absolute atomic E-state index is 0.172. The van der Waals surface area contributed by atoms with Crippen LogP contribution in [0.3, 0.4) is 0 Å². The minimum Gasteiger partial charge on any atom is -0.404 e. The molecule has 1 aromatic rings. The first-order valence-corrected chi connectivity index (χ1v) is 9.43. The molecule has 7 heteroatoms. The topological polar surface area (TPSA) is 125 Å². The number of pyridine rings is 1. The summed E-state index contributed by atoms with van der Waals surface area (Å²) < 4.78 is 0. The summed E-state index contributed by atoms with van der Waals surface area (Å²) in [6.45, 7) is 5.99. The number of allylic oxidation sites excluding steroid dienone is 3. The fraction of sp³-hybridized carbons (Fsp3) is 0.333. The van der Waals surface area contributed by atoms with Crippen molar-refractivity contribution in [3.8, 4) is 0 Å². The zero-order valence-corrected chi connectivity index (χ0v) is 17.0. The molecule has 150 valence electrons. The molecule has 2 heterocycles. The second kappa shape index (κ2) is 9.64. The van der Waals surface area contributed by atoms with E-state index in [1.165, 1.54) is 0 Å². The van der Waals surface area contributed by atoms with Crippen LogP contribution in [0.4, 0.5) is 5.69 Å². The second-order valence-electron chi connectivity index (χ2n) is 6.83. The van der Waals surface area contributed by atoms with Crippen molar-refractivity contribution in [3.63, 3.8) is 0 Å². The summed E-state index contributed by atoms with van der Waals surface area (Å²) in [6.07, 6.45) is 11.8. The lowest BCUT2D eigenvalue weighted by atomic mass is 9.99. The van der Waals surface area contributed by atoms with Crippen molar-refractivity contribution in [2.45, 2.75) is 33.4 Å². The fourth-order valence-electron chi connectivity index (χ4n) is 2.90. The Hall–Kier alpha value is -3.22. The Balaban J connectivity index is 2.19. The van der Waals surface area contributed by atoms with Gasteiger partial charge in [-0.15, -0.1) is 0 Å². The summed E-state index contributed by atoms with van der Waals surface area (Å²) in [5, 5.41) is 17.6. The van der Waals surface area contributed by atoms with Gasteiger partial charge in [0.2, 0.25) is 0 Å². The highest BCUT2D eigenvalue weighted by atomic mass is 15.2. The van der Waals surface area contributed by atoms with E-state index in [4.69, 9.17) is 16.9 Å². The number of hydrogen-bond donors (Lipinski definition) is 6. The standard InChI is InChI=1S/C21H31N7/c1-5-13(2)15(10-22)9-20(24)28-21-7-6-18-19(27-21)8-16(11-26-18)17(12-25-4)14(3)23/h6-13,21,23,25,27-28H,5,22,24H2,1-4H3/b15-10+,17-12+,20-9+,23-14?. The SMILES string of the molecule is CCC(C)C(=C/N)/C=C(\N)NC1C=Cc2ncc(/C(=C/NC)C(C)=N)cc2N1. The minimum atomic E-state index is -0.172. The Bertz CT molecular complexity index is 833. The monoisotopic (exact) mass is 381 g/mol. The van der Waals surface area contributed by atoms with E-state index in [-0.39, 0.29) is 6.17 Å². The lowest BCUT2D eigenvalue weighted by Crippen LogP contribution is -2.38. The van der Waals surface area contributed by atoms with E-state index in [1.54, 1.807) is 25.5 Å². The van der Waals surface area contributed by atoms with Gasteiger partial charge >= 0.3 is 0 Å². The predicted octanol–water partition coefficient (Wildman–Crippen LogP) is 2.72. The molecule has 7 nitrogen and oxygen atoms in total. The number of aromatic nitrogens is 1. The van der Waals surface area contributed by atoms with Gasteiger partial charge in [0.15, 0.2) is 0 Å². The molecular weight excluding hydrogens is 350 g/mol. The van der Waals surface area contributed by atoms with Crippen LogP contribution in [-0.4, -0.2) is 23.9 Å². The van der Waals surface area contributed by atoms with E-state index in [1.807, 2.05) is 31.3 Å². The molecular formula is C21H31N7. The average Bonchev–Trinajstić information content (AvgIpc) is 2.68. The molecule has 1 aliphatic heterocycles. The number of fused-ring (bicyclic) bond motifs is 1. The van der Waals surface area contributed by atoms with Crippen molar-refractivity contribution in [1.29, 1.82) is 5.41 Å². The Labute approximate surface area is 167 Å². The van der Waals surface area contributed by atoms with E-state index in [0.29, 0.717) is 17.5 Å². The number of nitrogens with one attached hydrogen (secondary N) is 4. The molecule has 0 spiro atoms. The predicted molar refractivity (Wildman–Crippen MR) is 118 cm³/mol. The van der Waals surface area contributed by atoms with Gasteiger partial charge in [-0.1, -0.05) is 13.8 Å². The third kappa shape index (κ3) is 5.16. The number of rotatable bonds is 8. The molecule has 8 N–H and O–H groups in total. The van der Waals surface area contributed by atoms with Gasteiger partial charge in [-0.2, -0.15) is 0 Å². The Morgan fingerprint density at radius 3 is 2.82 bits per heavy atom. The normalized spacial score (nSPS) is 18.1. The molecule has 0 bridgehead atoms. The van der Waals surface area contributed by atoms with Gasteiger partial charge in [-0.25, -0.2) is 0 Å². The molecule has 0 aliphatic carbocycles. The maximum absolute atomic E-state index is 7.98. The first-order chi connectivity index (χ1) is 13.4. The summed E-state index contributed by atoms with van der Waals surface area (Å²) in [7, 11) is 1.81. The summed E-state index contributed by atoms with van der Waals surface area (Å²) in [5.41, 5.74) is 16.8. The van der Waals surface area contributed by atoms with Crippen LogP contribution in [0.5, 0.6) is 0 Å². The first-order valence-electron chi connectivity index (χ1n) is 9.43. The molecule has 28 heavy (non-hydrogen) atoms. The van der Waals surface area contributed by atoms with E-state index >= 15 is 0 Å². The smallest absolute Gasteiger partial charge is 0.117 e. The molecule has 0 radical (unpaired) electrons. The molecule has 0 fully saturated rings. The molecule has 0 amide bonds. The van der Waals surface area contributed by atoms with Gasteiger partial charge in [0.05, 0.1) is 17.2 Å². The van der Waals surface area contributed by atoms with E-state index < -0.39 is 0 Å². The third-order valence-electron chi connectivity index (χ3n) is 4.70. The van der Waals surface area contributed by atoms with Crippen molar-refractivity contribution >= 4 is 23.0 Å².